The lowest BCUT2D eigenvalue weighted by atomic mass is 9.99. The Hall–Kier alpha value is -2.83. The monoisotopic (exact) mass is 472 g/mol. The van der Waals surface area contributed by atoms with E-state index in [0.717, 1.165) is 16.7 Å². The van der Waals surface area contributed by atoms with Gasteiger partial charge in [-0.1, -0.05) is 91.0 Å². The van der Waals surface area contributed by atoms with E-state index in [1.54, 1.807) is 6.92 Å². The van der Waals surface area contributed by atoms with Crippen LogP contribution in [0.3, 0.4) is 0 Å². The van der Waals surface area contributed by atoms with Gasteiger partial charge in [0.25, 0.3) is 0 Å². The molecule has 35 heavy (non-hydrogen) atoms. The van der Waals surface area contributed by atoms with Crippen molar-refractivity contribution in [2.75, 3.05) is 6.61 Å². The highest BCUT2D eigenvalue weighted by atomic mass is 16.6. The number of Topliss-reactive ketones (excluding diaryl/α,β-unsaturated/α-hetero) is 1. The molecule has 2 fully saturated rings. The first kappa shape index (κ1) is 23.9. The number of hydrogen-bond acceptors (Lipinski definition) is 5. The fraction of sp³-hybridized carbons (Fsp3) is 0.367. The molecule has 6 atom stereocenters. The largest absolute Gasteiger partial charge is 0.374 e. The fourth-order valence-corrected chi connectivity index (χ4v) is 5.03. The van der Waals surface area contributed by atoms with Crippen LogP contribution in [0.15, 0.2) is 91.0 Å². The van der Waals surface area contributed by atoms with Crippen LogP contribution in [-0.4, -0.2) is 36.8 Å². The number of hydrogen-bond donors (Lipinski definition) is 0. The number of carbonyl (C=O) groups is 1. The maximum atomic E-state index is 12.4. The van der Waals surface area contributed by atoms with Gasteiger partial charge in [-0.15, -0.1) is 0 Å². The van der Waals surface area contributed by atoms with E-state index >= 15 is 0 Å². The molecule has 1 saturated heterocycles. The smallest absolute Gasteiger partial charge is 0.135 e. The minimum absolute atomic E-state index is 0.00218. The summed E-state index contributed by atoms with van der Waals surface area (Å²) in [5.41, 5.74) is 3.28. The minimum atomic E-state index is -0.347. The van der Waals surface area contributed by atoms with Crippen molar-refractivity contribution in [1.29, 1.82) is 0 Å². The lowest BCUT2D eigenvalue weighted by molar-refractivity contribution is -0.201. The lowest BCUT2D eigenvalue weighted by Crippen LogP contribution is -2.50. The second-order valence-corrected chi connectivity index (χ2v) is 9.38. The zero-order valence-electron chi connectivity index (χ0n) is 20.0. The molecular weight excluding hydrogens is 440 g/mol. The van der Waals surface area contributed by atoms with Crippen LogP contribution in [0.5, 0.6) is 0 Å². The Bertz CT molecular complexity index is 1070. The Morgan fingerprint density at radius 3 is 1.71 bits per heavy atom. The van der Waals surface area contributed by atoms with Crippen LogP contribution in [-0.2, 0) is 43.6 Å². The Labute approximate surface area is 207 Å². The van der Waals surface area contributed by atoms with E-state index in [0.29, 0.717) is 26.4 Å². The highest BCUT2D eigenvalue weighted by Gasteiger charge is 2.65. The van der Waals surface area contributed by atoms with E-state index in [1.165, 1.54) is 0 Å². The predicted molar refractivity (Wildman–Crippen MR) is 132 cm³/mol. The van der Waals surface area contributed by atoms with Gasteiger partial charge in [-0.05, 0) is 23.6 Å². The summed E-state index contributed by atoms with van der Waals surface area (Å²) in [4.78, 5) is 12.4. The van der Waals surface area contributed by atoms with Crippen molar-refractivity contribution in [3.05, 3.63) is 108 Å². The van der Waals surface area contributed by atoms with Gasteiger partial charge < -0.3 is 18.9 Å². The molecule has 0 aromatic heterocycles. The van der Waals surface area contributed by atoms with E-state index in [4.69, 9.17) is 18.9 Å². The summed E-state index contributed by atoms with van der Waals surface area (Å²) in [6, 6.07) is 30.3. The standard InChI is InChI=1S/C30H32O5/c1-21(31)26-27-29(26)35-25(20-32-17-22-11-5-2-6-12-22)28(33-18-23-13-7-3-8-14-23)30(27)34-19-24-15-9-4-10-16-24/h2-16,25-30H,17-20H2,1H3/t25-,26+,27+,28+,29-,30-/m1/s1. The molecule has 3 aromatic rings. The van der Waals surface area contributed by atoms with E-state index in [2.05, 4.69) is 0 Å². The second kappa shape index (κ2) is 11.3. The summed E-state index contributed by atoms with van der Waals surface area (Å²) >= 11 is 0. The summed E-state index contributed by atoms with van der Waals surface area (Å²) in [7, 11) is 0. The lowest BCUT2D eigenvalue weighted by Gasteiger charge is -2.37. The molecule has 0 amide bonds. The van der Waals surface area contributed by atoms with Gasteiger partial charge in [0, 0.05) is 5.92 Å². The molecule has 1 aliphatic carbocycles. The van der Waals surface area contributed by atoms with Crippen molar-refractivity contribution in [1.82, 2.24) is 0 Å². The van der Waals surface area contributed by atoms with Crippen molar-refractivity contribution in [2.24, 2.45) is 11.8 Å². The zero-order chi connectivity index (χ0) is 24.0. The normalized spacial score (nSPS) is 27.2. The average Bonchev–Trinajstić information content (AvgIpc) is 3.62. The van der Waals surface area contributed by atoms with Gasteiger partial charge >= 0.3 is 0 Å². The third-order valence-corrected chi connectivity index (χ3v) is 6.84. The molecule has 0 unspecified atom stereocenters. The van der Waals surface area contributed by atoms with Crippen molar-refractivity contribution in [3.63, 3.8) is 0 Å². The van der Waals surface area contributed by atoms with Crippen LogP contribution >= 0.6 is 0 Å². The first-order chi connectivity index (χ1) is 17.2. The first-order valence-corrected chi connectivity index (χ1v) is 12.3. The van der Waals surface area contributed by atoms with Gasteiger partial charge in [0.15, 0.2) is 0 Å². The van der Waals surface area contributed by atoms with E-state index in [1.807, 2.05) is 91.0 Å². The molecule has 1 heterocycles. The summed E-state index contributed by atoms with van der Waals surface area (Å²) in [5, 5.41) is 0. The number of benzene rings is 3. The third kappa shape index (κ3) is 5.88. The maximum absolute atomic E-state index is 12.4. The van der Waals surface area contributed by atoms with Gasteiger partial charge in [0.2, 0.25) is 0 Å². The molecule has 1 aliphatic heterocycles. The van der Waals surface area contributed by atoms with Crippen molar-refractivity contribution in [3.8, 4) is 0 Å². The molecule has 2 aliphatic rings. The van der Waals surface area contributed by atoms with Crippen molar-refractivity contribution < 1.29 is 23.7 Å². The highest BCUT2D eigenvalue weighted by molar-refractivity contribution is 5.82. The van der Waals surface area contributed by atoms with Crippen LogP contribution in [0.2, 0.25) is 0 Å². The van der Waals surface area contributed by atoms with Crippen LogP contribution in [0.1, 0.15) is 23.6 Å². The SMILES string of the molecule is CC(=O)[C@@H]1[C@H]2O[C@H](COCc3ccccc3)[C@H](OCc3ccccc3)[C@H](OCc3ccccc3)[C@H]21. The molecule has 5 heteroatoms. The molecular formula is C30H32O5. The Morgan fingerprint density at radius 2 is 1.20 bits per heavy atom. The van der Waals surface area contributed by atoms with Gasteiger partial charge in [-0.25, -0.2) is 0 Å². The van der Waals surface area contributed by atoms with Crippen LogP contribution in [0.25, 0.3) is 0 Å². The molecule has 3 aromatic carbocycles. The third-order valence-electron chi connectivity index (χ3n) is 6.84. The molecule has 0 bridgehead atoms. The summed E-state index contributed by atoms with van der Waals surface area (Å²) in [6.45, 7) is 3.40. The molecule has 0 spiro atoms. The van der Waals surface area contributed by atoms with E-state index in [-0.39, 0.29) is 42.0 Å². The van der Waals surface area contributed by atoms with Crippen LogP contribution < -0.4 is 0 Å². The Kier molecular flexibility index (Phi) is 7.69. The van der Waals surface area contributed by atoms with Gasteiger partial charge in [0.1, 0.15) is 18.0 Å². The van der Waals surface area contributed by atoms with Crippen LogP contribution in [0, 0.1) is 11.8 Å². The zero-order valence-corrected chi connectivity index (χ0v) is 20.0. The molecule has 182 valence electrons. The van der Waals surface area contributed by atoms with Crippen LogP contribution in [0.4, 0.5) is 0 Å². The predicted octanol–water partition coefficient (Wildman–Crippen LogP) is 4.98. The van der Waals surface area contributed by atoms with Gasteiger partial charge in [-0.2, -0.15) is 0 Å². The van der Waals surface area contributed by atoms with Crippen molar-refractivity contribution >= 4 is 5.78 Å². The van der Waals surface area contributed by atoms with E-state index < -0.39 is 0 Å². The summed E-state index contributed by atoms with van der Waals surface area (Å²) < 4.78 is 25.4. The van der Waals surface area contributed by atoms with Crippen molar-refractivity contribution in [2.45, 2.75) is 51.2 Å². The molecule has 1 saturated carbocycles. The topological polar surface area (TPSA) is 54.0 Å². The second-order valence-electron chi connectivity index (χ2n) is 9.38. The molecule has 0 N–H and O–H groups in total. The summed E-state index contributed by atoms with van der Waals surface area (Å²) in [6.07, 6.45) is -1.07. The molecule has 0 radical (unpaired) electrons. The number of ether oxygens (including phenoxy) is 4. The van der Waals surface area contributed by atoms with Gasteiger partial charge in [0.05, 0.1) is 44.6 Å². The molecule has 5 nitrogen and oxygen atoms in total. The highest BCUT2D eigenvalue weighted by Crippen LogP contribution is 2.52. The summed E-state index contributed by atoms with van der Waals surface area (Å²) in [5.74, 6) is -0.0129. The van der Waals surface area contributed by atoms with Gasteiger partial charge in [-0.3, -0.25) is 4.79 Å². The average molecular weight is 473 g/mol. The fourth-order valence-electron chi connectivity index (χ4n) is 5.03. The quantitative estimate of drug-likeness (QED) is 0.394. The van der Waals surface area contributed by atoms with E-state index in [9.17, 15) is 4.79 Å². The Morgan fingerprint density at radius 1 is 0.714 bits per heavy atom. The maximum Gasteiger partial charge on any atom is 0.135 e. The molecule has 5 rings (SSSR count). The number of ketones is 1. The Balaban J connectivity index is 1.33. The minimum Gasteiger partial charge on any atom is -0.374 e. The number of fused-ring (bicyclic) bond motifs is 1. The first-order valence-electron chi connectivity index (χ1n) is 12.3. The number of rotatable bonds is 11. The number of carbonyl (C=O) groups excluding carboxylic acids is 1.